The van der Waals surface area contributed by atoms with Crippen molar-refractivity contribution in [2.24, 2.45) is 5.92 Å². The number of rotatable bonds is 5. The molecule has 3 fully saturated rings. The molecule has 0 radical (unpaired) electrons. The number of hydrogen-bond acceptors (Lipinski definition) is 5. The van der Waals surface area contributed by atoms with Gasteiger partial charge < -0.3 is 14.2 Å². The lowest BCUT2D eigenvalue weighted by molar-refractivity contribution is -0.145. The highest BCUT2D eigenvalue weighted by molar-refractivity contribution is 5.86. The Bertz CT molecular complexity index is 848. The van der Waals surface area contributed by atoms with Crippen LogP contribution in [0.25, 0.3) is 11.5 Å². The van der Waals surface area contributed by atoms with E-state index in [2.05, 4.69) is 9.88 Å². The lowest BCUT2D eigenvalue weighted by atomic mass is 9.94. The molecule has 4 heterocycles. The largest absolute Gasteiger partial charge is 0.444 e. The standard InChI is InChI=1S/C21H26N4O3/c1-23(2)19(26)13-25-18-9-8-16(21(25)27)10-24(12-18)11-17-14-28-20(22-17)15-6-4-3-5-7-15/h3-7,14,16,18H,8-13H2,1-2H3/t16-,18+/m1/s1. The van der Waals surface area contributed by atoms with Crippen LogP contribution in [-0.2, 0) is 16.1 Å². The first kappa shape index (κ1) is 18.7. The van der Waals surface area contributed by atoms with Gasteiger partial charge in [0.05, 0.1) is 11.6 Å². The molecule has 0 aliphatic carbocycles. The van der Waals surface area contributed by atoms with E-state index < -0.39 is 0 Å². The van der Waals surface area contributed by atoms with E-state index in [1.165, 1.54) is 0 Å². The molecule has 28 heavy (non-hydrogen) atoms. The monoisotopic (exact) mass is 382 g/mol. The Kier molecular flexibility index (Phi) is 5.17. The molecule has 1 aromatic heterocycles. The molecule has 1 aromatic carbocycles. The van der Waals surface area contributed by atoms with Crippen LogP contribution in [0.5, 0.6) is 0 Å². The number of aromatic nitrogens is 1. The Labute approximate surface area is 164 Å². The third kappa shape index (κ3) is 3.80. The molecule has 0 N–H and O–H groups in total. The second-order valence-corrected chi connectivity index (χ2v) is 7.89. The molecule has 0 saturated carbocycles. The first-order chi connectivity index (χ1) is 13.5. The van der Waals surface area contributed by atoms with Crippen LogP contribution in [0.3, 0.4) is 0 Å². The summed E-state index contributed by atoms with van der Waals surface area (Å²) in [5.74, 6) is 0.646. The number of oxazole rings is 1. The SMILES string of the molecule is CN(C)C(=O)CN1C(=O)[C@@H]2CC[C@H]1CN(Cc1coc(-c3ccccc3)n1)C2. The summed E-state index contributed by atoms with van der Waals surface area (Å²) in [6, 6.07) is 9.90. The number of piperidine rings is 1. The van der Waals surface area contributed by atoms with Crippen LogP contribution in [0.4, 0.5) is 0 Å². The molecule has 0 spiro atoms. The van der Waals surface area contributed by atoms with Crippen LogP contribution < -0.4 is 0 Å². The van der Waals surface area contributed by atoms with Gasteiger partial charge in [-0.3, -0.25) is 14.5 Å². The number of amides is 2. The van der Waals surface area contributed by atoms with Crippen LogP contribution in [0, 0.1) is 5.92 Å². The van der Waals surface area contributed by atoms with Crippen LogP contribution >= 0.6 is 0 Å². The van der Waals surface area contributed by atoms with Crippen LogP contribution in [0.1, 0.15) is 18.5 Å². The third-order valence-corrected chi connectivity index (χ3v) is 5.63. The van der Waals surface area contributed by atoms with Crippen molar-refractivity contribution in [3.8, 4) is 11.5 Å². The van der Waals surface area contributed by atoms with E-state index in [1.54, 1.807) is 30.2 Å². The molecule has 2 aromatic rings. The van der Waals surface area contributed by atoms with E-state index in [4.69, 9.17) is 4.42 Å². The molecule has 3 aliphatic rings. The Morgan fingerprint density at radius 2 is 2.00 bits per heavy atom. The molecular formula is C21H26N4O3. The van der Waals surface area contributed by atoms with Crippen molar-refractivity contribution in [3.63, 3.8) is 0 Å². The number of hydrogen-bond donors (Lipinski definition) is 0. The van der Waals surface area contributed by atoms with Crippen molar-refractivity contribution in [2.75, 3.05) is 33.7 Å². The maximum atomic E-state index is 12.8. The average Bonchev–Trinajstić information content (AvgIpc) is 3.00. The van der Waals surface area contributed by atoms with E-state index in [-0.39, 0.29) is 30.3 Å². The van der Waals surface area contributed by atoms with Crippen molar-refractivity contribution >= 4 is 11.8 Å². The Balaban J connectivity index is 1.45. The molecule has 7 heteroatoms. The molecule has 5 rings (SSSR count). The second-order valence-electron chi connectivity index (χ2n) is 7.89. The van der Waals surface area contributed by atoms with Crippen molar-refractivity contribution in [2.45, 2.75) is 25.4 Å². The molecular weight excluding hydrogens is 356 g/mol. The minimum absolute atomic E-state index is 0.0311. The van der Waals surface area contributed by atoms with Gasteiger partial charge in [-0.1, -0.05) is 18.2 Å². The topological polar surface area (TPSA) is 69.9 Å². The van der Waals surface area contributed by atoms with Gasteiger partial charge in [0.1, 0.15) is 12.8 Å². The fourth-order valence-electron chi connectivity index (χ4n) is 4.08. The lowest BCUT2D eigenvalue weighted by Gasteiger charge is -2.36. The average molecular weight is 382 g/mol. The minimum Gasteiger partial charge on any atom is -0.444 e. The fraction of sp³-hybridized carbons (Fsp3) is 0.476. The van der Waals surface area contributed by atoms with Crippen molar-refractivity contribution < 1.29 is 14.0 Å². The van der Waals surface area contributed by atoms with E-state index in [1.807, 2.05) is 30.3 Å². The fourth-order valence-corrected chi connectivity index (χ4v) is 4.08. The summed E-state index contributed by atoms with van der Waals surface area (Å²) in [5, 5.41) is 0. The molecule has 2 atom stereocenters. The zero-order valence-corrected chi connectivity index (χ0v) is 16.4. The van der Waals surface area contributed by atoms with Gasteiger partial charge in [0.25, 0.3) is 0 Å². The van der Waals surface area contributed by atoms with E-state index >= 15 is 0 Å². The molecule has 0 unspecified atom stereocenters. The first-order valence-electron chi connectivity index (χ1n) is 9.74. The van der Waals surface area contributed by atoms with Gasteiger partial charge in [0.2, 0.25) is 17.7 Å². The third-order valence-electron chi connectivity index (χ3n) is 5.63. The van der Waals surface area contributed by atoms with Gasteiger partial charge in [-0.2, -0.15) is 0 Å². The summed E-state index contributed by atoms with van der Waals surface area (Å²) in [5.41, 5.74) is 1.82. The second kappa shape index (κ2) is 7.75. The predicted octanol–water partition coefficient (Wildman–Crippen LogP) is 1.85. The quantitative estimate of drug-likeness (QED) is 0.789. The van der Waals surface area contributed by atoms with Gasteiger partial charge in [0, 0.05) is 45.3 Å². The molecule has 3 aliphatic heterocycles. The van der Waals surface area contributed by atoms with E-state index in [0.29, 0.717) is 19.0 Å². The number of carbonyl (C=O) groups excluding carboxylic acids is 2. The first-order valence-corrected chi connectivity index (χ1v) is 9.74. The van der Waals surface area contributed by atoms with Crippen LogP contribution in [-0.4, -0.2) is 71.3 Å². The van der Waals surface area contributed by atoms with Gasteiger partial charge in [-0.05, 0) is 25.0 Å². The molecule has 2 amide bonds. The lowest BCUT2D eigenvalue weighted by Crippen LogP contribution is -2.51. The zero-order chi connectivity index (χ0) is 19.7. The summed E-state index contributed by atoms with van der Waals surface area (Å²) in [7, 11) is 3.45. The van der Waals surface area contributed by atoms with Gasteiger partial charge in [-0.25, -0.2) is 4.98 Å². The van der Waals surface area contributed by atoms with Crippen molar-refractivity contribution in [1.82, 2.24) is 19.7 Å². The maximum absolute atomic E-state index is 12.8. The summed E-state index contributed by atoms with van der Waals surface area (Å²) >= 11 is 0. The number of likely N-dealkylation sites (N-methyl/N-ethyl adjacent to an activating group) is 1. The highest BCUT2D eigenvalue weighted by Gasteiger charge is 2.41. The van der Waals surface area contributed by atoms with Crippen molar-refractivity contribution in [1.29, 1.82) is 0 Å². The van der Waals surface area contributed by atoms with E-state index in [0.717, 1.165) is 30.6 Å². The summed E-state index contributed by atoms with van der Waals surface area (Å²) in [6.45, 7) is 2.28. The van der Waals surface area contributed by atoms with Gasteiger partial charge in [-0.15, -0.1) is 0 Å². The van der Waals surface area contributed by atoms with Crippen molar-refractivity contribution in [3.05, 3.63) is 42.3 Å². The summed E-state index contributed by atoms with van der Waals surface area (Å²) in [4.78, 5) is 35.2. The minimum atomic E-state index is -0.0470. The Morgan fingerprint density at radius 3 is 2.75 bits per heavy atom. The van der Waals surface area contributed by atoms with Crippen LogP contribution in [0.2, 0.25) is 0 Å². The maximum Gasteiger partial charge on any atom is 0.241 e. The van der Waals surface area contributed by atoms with Crippen LogP contribution in [0.15, 0.2) is 41.0 Å². The highest BCUT2D eigenvalue weighted by Crippen LogP contribution is 2.30. The Morgan fingerprint density at radius 1 is 1.21 bits per heavy atom. The number of carbonyl (C=O) groups is 2. The van der Waals surface area contributed by atoms with Gasteiger partial charge >= 0.3 is 0 Å². The summed E-state index contributed by atoms with van der Waals surface area (Å²) < 4.78 is 5.65. The molecule has 2 bridgehead atoms. The smallest absolute Gasteiger partial charge is 0.241 e. The molecule has 148 valence electrons. The number of fused-ring (bicyclic) bond motifs is 4. The normalized spacial score (nSPS) is 22.4. The zero-order valence-electron chi connectivity index (χ0n) is 16.4. The van der Waals surface area contributed by atoms with E-state index in [9.17, 15) is 9.59 Å². The van der Waals surface area contributed by atoms with Gasteiger partial charge in [0.15, 0.2) is 0 Å². The molecule has 3 saturated heterocycles. The predicted molar refractivity (Wildman–Crippen MR) is 104 cm³/mol. The number of nitrogens with zero attached hydrogens (tertiary/aromatic N) is 4. The summed E-state index contributed by atoms with van der Waals surface area (Å²) in [6.07, 6.45) is 3.53. The Hall–Kier alpha value is -2.67. The highest BCUT2D eigenvalue weighted by atomic mass is 16.3. The molecule has 7 nitrogen and oxygen atoms in total. The number of benzene rings is 1.